The molecule has 1 aromatic heterocycles. The van der Waals surface area contributed by atoms with Crippen molar-refractivity contribution in [2.75, 3.05) is 12.4 Å². The summed E-state index contributed by atoms with van der Waals surface area (Å²) >= 11 is 1.16. The van der Waals surface area contributed by atoms with E-state index in [0.717, 1.165) is 17.2 Å². The number of hydrogen-bond acceptors (Lipinski definition) is 7. The maximum atomic E-state index is 11.2. The zero-order chi connectivity index (χ0) is 11.4. The van der Waals surface area contributed by atoms with Crippen molar-refractivity contribution in [1.82, 2.24) is 14.8 Å². The van der Waals surface area contributed by atoms with Crippen molar-refractivity contribution in [1.29, 1.82) is 0 Å². The highest BCUT2D eigenvalue weighted by Crippen LogP contribution is 2.16. The Labute approximate surface area is 95.4 Å². The maximum Gasteiger partial charge on any atom is 0.337 e. The molecule has 1 aromatic carbocycles. The molecule has 1 N–H and O–H groups in total. The smallest absolute Gasteiger partial charge is 0.337 e. The summed E-state index contributed by atoms with van der Waals surface area (Å²) in [6.07, 6.45) is 0. The van der Waals surface area contributed by atoms with Gasteiger partial charge in [-0.3, -0.25) is 0 Å². The van der Waals surface area contributed by atoms with E-state index >= 15 is 0 Å². The predicted octanol–water partition coefficient (Wildman–Crippen LogP) is 1.46. The molecule has 0 aliphatic carbocycles. The number of nitrogens with one attached hydrogen (secondary N) is 1. The summed E-state index contributed by atoms with van der Waals surface area (Å²) in [6, 6.07) is 6.85. The van der Waals surface area contributed by atoms with Crippen LogP contribution in [0.3, 0.4) is 0 Å². The first kappa shape index (κ1) is 10.5. The molecular weight excluding hydrogens is 228 g/mol. The van der Waals surface area contributed by atoms with E-state index in [1.807, 2.05) is 0 Å². The van der Waals surface area contributed by atoms with Crippen molar-refractivity contribution < 1.29 is 9.53 Å². The highest BCUT2D eigenvalue weighted by molar-refractivity contribution is 7.09. The standard InChI is InChI=1S/C9H8N4O2S/c1-15-8(14)6-2-4-7(5-3-6)10-9-11-12-13-16-9/h2-5H,1H3,(H,10,11,13). The van der Waals surface area contributed by atoms with Gasteiger partial charge >= 0.3 is 5.97 Å². The number of methoxy groups -OCH3 is 1. The summed E-state index contributed by atoms with van der Waals surface area (Å²) < 4.78 is 8.21. The molecular formula is C9H8N4O2S. The molecule has 16 heavy (non-hydrogen) atoms. The Hall–Kier alpha value is -2.02. The summed E-state index contributed by atoms with van der Waals surface area (Å²) in [5, 5.41) is 10.8. The van der Waals surface area contributed by atoms with Crippen molar-refractivity contribution in [3.8, 4) is 0 Å². The molecule has 1 heterocycles. The third-order valence-electron chi connectivity index (χ3n) is 1.86. The van der Waals surface area contributed by atoms with Gasteiger partial charge in [-0.2, -0.15) is 0 Å². The number of rotatable bonds is 3. The van der Waals surface area contributed by atoms with E-state index in [4.69, 9.17) is 0 Å². The molecule has 0 fully saturated rings. The Morgan fingerprint density at radius 2 is 2.12 bits per heavy atom. The van der Waals surface area contributed by atoms with Crippen LogP contribution >= 0.6 is 11.5 Å². The molecule has 2 rings (SSSR count). The minimum absolute atomic E-state index is 0.357. The number of aromatic nitrogens is 3. The van der Waals surface area contributed by atoms with Gasteiger partial charge in [-0.1, -0.05) is 9.59 Å². The molecule has 0 saturated carbocycles. The lowest BCUT2D eigenvalue weighted by Gasteiger charge is -2.02. The Balaban J connectivity index is 2.10. The van der Waals surface area contributed by atoms with E-state index in [2.05, 4.69) is 24.9 Å². The topological polar surface area (TPSA) is 77.0 Å². The fourth-order valence-electron chi connectivity index (χ4n) is 1.11. The van der Waals surface area contributed by atoms with Crippen molar-refractivity contribution in [2.45, 2.75) is 0 Å². The number of hydrogen-bond donors (Lipinski definition) is 1. The average Bonchev–Trinajstić information content (AvgIpc) is 2.82. The third-order valence-corrected chi connectivity index (χ3v) is 2.37. The molecule has 7 heteroatoms. The Morgan fingerprint density at radius 3 is 2.69 bits per heavy atom. The molecule has 0 amide bonds. The number of carbonyl (C=O) groups excluding carboxylic acids is 1. The number of benzene rings is 1. The largest absolute Gasteiger partial charge is 0.465 e. The fraction of sp³-hybridized carbons (Fsp3) is 0.111. The third kappa shape index (κ3) is 2.31. The number of carbonyl (C=O) groups is 1. The fourth-order valence-corrected chi connectivity index (χ4v) is 1.50. The van der Waals surface area contributed by atoms with Gasteiger partial charge in [-0.15, -0.1) is 0 Å². The lowest BCUT2D eigenvalue weighted by atomic mass is 10.2. The quantitative estimate of drug-likeness (QED) is 0.813. The van der Waals surface area contributed by atoms with Gasteiger partial charge in [0.15, 0.2) is 0 Å². The second-order valence-corrected chi connectivity index (χ2v) is 3.59. The molecule has 0 spiro atoms. The van der Waals surface area contributed by atoms with Crippen LogP contribution in [0.15, 0.2) is 24.3 Å². The van der Waals surface area contributed by atoms with Gasteiger partial charge in [0, 0.05) is 17.2 Å². The number of esters is 1. The molecule has 0 aliphatic heterocycles. The molecule has 6 nitrogen and oxygen atoms in total. The van der Waals surface area contributed by atoms with Crippen LogP contribution in [-0.4, -0.2) is 27.9 Å². The minimum atomic E-state index is -0.357. The molecule has 0 atom stereocenters. The molecule has 0 unspecified atom stereocenters. The van der Waals surface area contributed by atoms with Crippen molar-refractivity contribution >= 4 is 28.3 Å². The van der Waals surface area contributed by atoms with Gasteiger partial charge in [0.05, 0.1) is 12.7 Å². The van der Waals surface area contributed by atoms with Crippen LogP contribution in [0.4, 0.5) is 10.8 Å². The summed E-state index contributed by atoms with van der Waals surface area (Å²) in [4.78, 5) is 11.2. The molecule has 2 aromatic rings. The number of ether oxygens (including phenoxy) is 1. The van der Waals surface area contributed by atoms with Crippen molar-refractivity contribution in [3.63, 3.8) is 0 Å². The van der Waals surface area contributed by atoms with Crippen LogP contribution in [0, 0.1) is 0 Å². The summed E-state index contributed by atoms with van der Waals surface area (Å²) in [6.45, 7) is 0. The maximum absolute atomic E-state index is 11.2. The summed E-state index contributed by atoms with van der Waals surface area (Å²) in [7, 11) is 1.35. The first-order chi connectivity index (χ1) is 7.79. The predicted molar refractivity (Wildman–Crippen MR) is 58.8 cm³/mol. The van der Waals surface area contributed by atoms with E-state index in [9.17, 15) is 4.79 Å². The number of anilines is 2. The van der Waals surface area contributed by atoms with Gasteiger partial charge in [0.2, 0.25) is 5.13 Å². The lowest BCUT2D eigenvalue weighted by Crippen LogP contribution is -2.00. The molecule has 0 radical (unpaired) electrons. The van der Waals surface area contributed by atoms with E-state index in [-0.39, 0.29) is 5.97 Å². The first-order valence-electron chi connectivity index (χ1n) is 4.40. The normalized spacial score (nSPS) is 9.81. The Bertz CT molecular complexity index is 469. The average molecular weight is 236 g/mol. The second-order valence-electron chi connectivity index (χ2n) is 2.86. The van der Waals surface area contributed by atoms with Crippen LogP contribution in [0.2, 0.25) is 0 Å². The summed E-state index contributed by atoms with van der Waals surface area (Å²) in [5.74, 6) is -0.357. The van der Waals surface area contributed by atoms with Gasteiger partial charge < -0.3 is 10.1 Å². The molecule has 0 saturated heterocycles. The van der Waals surface area contributed by atoms with Crippen LogP contribution in [0.25, 0.3) is 0 Å². The highest BCUT2D eigenvalue weighted by Gasteiger charge is 2.04. The summed E-state index contributed by atoms with van der Waals surface area (Å²) in [5.41, 5.74) is 1.31. The Morgan fingerprint density at radius 1 is 1.38 bits per heavy atom. The molecule has 0 aliphatic rings. The van der Waals surface area contributed by atoms with Gasteiger partial charge in [-0.05, 0) is 29.5 Å². The molecule has 0 bridgehead atoms. The van der Waals surface area contributed by atoms with Crippen LogP contribution < -0.4 is 5.32 Å². The van der Waals surface area contributed by atoms with Crippen molar-refractivity contribution in [3.05, 3.63) is 29.8 Å². The van der Waals surface area contributed by atoms with Gasteiger partial charge in [0.1, 0.15) is 0 Å². The zero-order valence-electron chi connectivity index (χ0n) is 8.38. The lowest BCUT2D eigenvalue weighted by molar-refractivity contribution is 0.0601. The molecule has 82 valence electrons. The SMILES string of the molecule is COC(=O)c1ccc(Nc2nnns2)cc1. The second kappa shape index (κ2) is 4.67. The van der Waals surface area contributed by atoms with Gasteiger partial charge in [-0.25, -0.2) is 4.79 Å². The zero-order valence-corrected chi connectivity index (χ0v) is 9.19. The minimum Gasteiger partial charge on any atom is -0.465 e. The van der Waals surface area contributed by atoms with E-state index in [0.29, 0.717) is 10.7 Å². The van der Waals surface area contributed by atoms with E-state index in [1.54, 1.807) is 24.3 Å². The number of nitrogens with zero attached hydrogens (tertiary/aromatic N) is 3. The van der Waals surface area contributed by atoms with Crippen LogP contribution in [-0.2, 0) is 4.74 Å². The first-order valence-corrected chi connectivity index (χ1v) is 5.17. The highest BCUT2D eigenvalue weighted by atomic mass is 32.1. The van der Waals surface area contributed by atoms with Crippen LogP contribution in [0.1, 0.15) is 10.4 Å². The van der Waals surface area contributed by atoms with Crippen LogP contribution in [0.5, 0.6) is 0 Å². The van der Waals surface area contributed by atoms with E-state index in [1.165, 1.54) is 7.11 Å². The van der Waals surface area contributed by atoms with Gasteiger partial charge in [0.25, 0.3) is 0 Å². The Kier molecular flexibility index (Phi) is 3.06. The monoisotopic (exact) mass is 236 g/mol. The van der Waals surface area contributed by atoms with Crippen molar-refractivity contribution in [2.24, 2.45) is 0 Å². The van der Waals surface area contributed by atoms with E-state index < -0.39 is 0 Å².